The molecule has 0 radical (unpaired) electrons. The number of furan rings is 1. The van der Waals surface area contributed by atoms with E-state index >= 15 is 0 Å². The minimum atomic E-state index is -0.0598. The van der Waals surface area contributed by atoms with Crippen LogP contribution in [0.15, 0.2) is 76.6 Å². The molecule has 1 aliphatic carbocycles. The molecule has 0 bridgehead atoms. The fourth-order valence-electron chi connectivity index (χ4n) is 4.37. The Morgan fingerprint density at radius 3 is 2.67 bits per heavy atom. The van der Waals surface area contributed by atoms with Crippen molar-refractivity contribution in [2.45, 2.75) is 31.7 Å². The molecule has 148 valence electrons. The number of nitrogens with zero attached hydrogens (tertiary/aromatic N) is 3. The zero-order chi connectivity index (χ0) is 20.2. The van der Waals surface area contributed by atoms with E-state index in [0.29, 0.717) is 5.92 Å². The molecule has 4 aromatic rings. The van der Waals surface area contributed by atoms with E-state index in [1.165, 1.54) is 33.1 Å². The van der Waals surface area contributed by atoms with E-state index in [1.807, 2.05) is 18.5 Å². The third-order valence-electron chi connectivity index (χ3n) is 5.99. The molecule has 1 atom stereocenters. The fourth-order valence-corrected chi connectivity index (χ4v) is 5.01. The average Bonchev–Trinajstić information content (AvgIpc) is 3.31. The molecular weight excluding hydrogens is 485 g/mol. The molecule has 1 fully saturated rings. The van der Waals surface area contributed by atoms with Crippen LogP contribution in [0.25, 0.3) is 17.1 Å². The summed E-state index contributed by atoms with van der Waals surface area (Å²) in [5, 5.41) is 0. The van der Waals surface area contributed by atoms with Gasteiger partial charge in [0.15, 0.2) is 5.76 Å². The average molecular weight is 505 g/mol. The van der Waals surface area contributed by atoms with Gasteiger partial charge in [-0.15, -0.1) is 0 Å². The molecule has 2 aromatic heterocycles. The van der Waals surface area contributed by atoms with Crippen molar-refractivity contribution in [3.8, 4) is 17.1 Å². The Hall–Kier alpha value is -2.67. The van der Waals surface area contributed by atoms with Gasteiger partial charge in [0.25, 0.3) is 0 Å². The molecule has 5 heteroatoms. The number of hydrogen-bond acceptors (Lipinski definition) is 3. The number of halogens is 1. The standard InChI is InChI=1S/C25H20IN3O/c1-15-25-24(22-7-4-12-30-22)27-14-29(25)21-11-10-17(16-8-9-16)13-19(21)23(28-15)18-5-2-3-6-20(18)26/h2-7,10-16H,8-9H2,1H3/t15-/m0/s1. The molecule has 4 nitrogen and oxygen atoms in total. The molecule has 2 aromatic carbocycles. The molecule has 0 unspecified atom stereocenters. The summed E-state index contributed by atoms with van der Waals surface area (Å²) in [6.07, 6.45) is 6.17. The number of rotatable bonds is 3. The summed E-state index contributed by atoms with van der Waals surface area (Å²) in [5.41, 5.74) is 7.87. The van der Waals surface area contributed by atoms with Crippen LogP contribution in [0.5, 0.6) is 0 Å². The second kappa shape index (κ2) is 6.94. The molecule has 0 spiro atoms. The van der Waals surface area contributed by atoms with Crippen LogP contribution < -0.4 is 0 Å². The SMILES string of the molecule is C[C@@H]1N=C(c2ccccc2I)c2cc(C3CC3)ccc2-n2cnc(-c3ccco3)c21. The first-order valence-corrected chi connectivity index (χ1v) is 11.4. The Kier molecular flexibility index (Phi) is 4.19. The number of aliphatic imine (C=N–C) groups is 1. The lowest BCUT2D eigenvalue weighted by Crippen LogP contribution is -2.09. The maximum absolute atomic E-state index is 5.69. The fraction of sp³-hybridized carbons (Fsp3) is 0.200. The number of fused-ring (bicyclic) bond motifs is 3. The van der Waals surface area contributed by atoms with Gasteiger partial charge in [-0.1, -0.05) is 24.3 Å². The smallest absolute Gasteiger partial charge is 0.154 e. The summed E-state index contributed by atoms with van der Waals surface area (Å²) in [5.74, 6) is 1.47. The molecule has 0 N–H and O–H groups in total. The zero-order valence-corrected chi connectivity index (χ0v) is 18.7. The van der Waals surface area contributed by atoms with E-state index in [0.717, 1.165) is 28.5 Å². The zero-order valence-electron chi connectivity index (χ0n) is 16.5. The van der Waals surface area contributed by atoms with Gasteiger partial charge < -0.3 is 4.42 Å². The summed E-state index contributed by atoms with van der Waals surface area (Å²) in [6, 6.07) is 19.2. The first-order valence-electron chi connectivity index (χ1n) is 10.3. The minimum absolute atomic E-state index is 0.0598. The molecule has 6 rings (SSSR count). The van der Waals surface area contributed by atoms with Crippen molar-refractivity contribution < 1.29 is 4.42 Å². The molecule has 1 aliphatic heterocycles. The van der Waals surface area contributed by atoms with Crippen LogP contribution in [-0.4, -0.2) is 15.3 Å². The quantitative estimate of drug-likeness (QED) is 0.298. The van der Waals surface area contributed by atoms with E-state index in [2.05, 4.69) is 76.5 Å². The maximum Gasteiger partial charge on any atom is 0.154 e. The van der Waals surface area contributed by atoms with Gasteiger partial charge in [-0.2, -0.15) is 0 Å². The van der Waals surface area contributed by atoms with Crippen molar-refractivity contribution in [3.63, 3.8) is 0 Å². The first kappa shape index (κ1) is 18.1. The molecule has 3 heterocycles. The molecule has 30 heavy (non-hydrogen) atoms. The number of benzene rings is 2. The Labute approximate surface area is 188 Å². The third kappa shape index (κ3) is 2.87. The van der Waals surface area contributed by atoms with E-state index in [9.17, 15) is 0 Å². The van der Waals surface area contributed by atoms with Gasteiger partial charge in [0.2, 0.25) is 0 Å². The van der Waals surface area contributed by atoms with E-state index < -0.39 is 0 Å². The van der Waals surface area contributed by atoms with Gasteiger partial charge in [-0.3, -0.25) is 9.56 Å². The highest BCUT2D eigenvalue weighted by Crippen LogP contribution is 2.43. The first-order chi connectivity index (χ1) is 14.7. The van der Waals surface area contributed by atoms with Crippen molar-refractivity contribution in [2.75, 3.05) is 0 Å². The summed E-state index contributed by atoms with van der Waals surface area (Å²) in [4.78, 5) is 9.98. The molecule has 0 amide bonds. The van der Waals surface area contributed by atoms with Gasteiger partial charge in [-0.25, -0.2) is 4.98 Å². The van der Waals surface area contributed by atoms with Crippen molar-refractivity contribution in [1.82, 2.24) is 9.55 Å². The van der Waals surface area contributed by atoms with Crippen molar-refractivity contribution in [1.29, 1.82) is 0 Å². The second-order valence-corrected chi connectivity index (χ2v) is 9.17. The number of hydrogen-bond donors (Lipinski definition) is 0. The summed E-state index contributed by atoms with van der Waals surface area (Å²) in [7, 11) is 0. The second-order valence-electron chi connectivity index (χ2n) is 8.01. The topological polar surface area (TPSA) is 43.3 Å². The molecule has 1 saturated carbocycles. The van der Waals surface area contributed by atoms with Crippen LogP contribution in [0, 0.1) is 3.57 Å². The van der Waals surface area contributed by atoms with Gasteiger partial charge in [0, 0.05) is 14.7 Å². The lowest BCUT2D eigenvalue weighted by Gasteiger charge is -2.14. The monoisotopic (exact) mass is 505 g/mol. The molecule has 2 aliphatic rings. The van der Waals surface area contributed by atoms with E-state index in [1.54, 1.807) is 6.26 Å². The van der Waals surface area contributed by atoms with Crippen LogP contribution in [0.4, 0.5) is 0 Å². The van der Waals surface area contributed by atoms with E-state index in [-0.39, 0.29) is 6.04 Å². The third-order valence-corrected chi connectivity index (χ3v) is 6.93. The van der Waals surface area contributed by atoms with Crippen LogP contribution in [0.1, 0.15) is 54.1 Å². The van der Waals surface area contributed by atoms with E-state index in [4.69, 9.17) is 14.4 Å². The largest absolute Gasteiger partial charge is 0.463 e. The molecule has 0 saturated heterocycles. The van der Waals surface area contributed by atoms with Gasteiger partial charge in [-0.05, 0) is 84.2 Å². The Morgan fingerprint density at radius 1 is 1.03 bits per heavy atom. The van der Waals surface area contributed by atoms with Crippen molar-refractivity contribution in [3.05, 3.63) is 93.1 Å². The van der Waals surface area contributed by atoms with Crippen molar-refractivity contribution in [2.24, 2.45) is 4.99 Å². The Morgan fingerprint density at radius 2 is 1.90 bits per heavy atom. The normalized spacial score (nSPS) is 17.8. The minimum Gasteiger partial charge on any atom is -0.463 e. The Bertz CT molecular complexity index is 1280. The lowest BCUT2D eigenvalue weighted by molar-refractivity contribution is 0.578. The van der Waals surface area contributed by atoms with Crippen LogP contribution in [0.2, 0.25) is 0 Å². The summed E-state index contributed by atoms with van der Waals surface area (Å²) < 4.78 is 9.09. The van der Waals surface area contributed by atoms with Crippen LogP contribution in [0.3, 0.4) is 0 Å². The Balaban J connectivity index is 1.63. The van der Waals surface area contributed by atoms with Gasteiger partial charge >= 0.3 is 0 Å². The maximum atomic E-state index is 5.69. The number of imidazole rings is 1. The van der Waals surface area contributed by atoms with Gasteiger partial charge in [0.05, 0.1) is 29.4 Å². The van der Waals surface area contributed by atoms with Crippen LogP contribution >= 0.6 is 22.6 Å². The highest BCUT2D eigenvalue weighted by molar-refractivity contribution is 14.1. The predicted octanol–water partition coefficient (Wildman–Crippen LogP) is 6.53. The van der Waals surface area contributed by atoms with Gasteiger partial charge in [0.1, 0.15) is 12.0 Å². The highest BCUT2D eigenvalue weighted by atomic mass is 127. The number of aromatic nitrogens is 2. The summed E-state index contributed by atoms with van der Waals surface area (Å²) >= 11 is 2.41. The predicted molar refractivity (Wildman–Crippen MR) is 126 cm³/mol. The van der Waals surface area contributed by atoms with Crippen LogP contribution in [-0.2, 0) is 0 Å². The molecular formula is C25H20IN3O. The highest BCUT2D eigenvalue weighted by Gasteiger charge is 2.30. The van der Waals surface area contributed by atoms with Crippen molar-refractivity contribution >= 4 is 28.3 Å². The lowest BCUT2D eigenvalue weighted by atomic mass is 9.97. The summed E-state index contributed by atoms with van der Waals surface area (Å²) in [6.45, 7) is 2.14.